The topological polar surface area (TPSA) is 29.1 Å². The fourth-order valence-corrected chi connectivity index (χ4v) is 0.502. The van der Waals surface area contributed by atoms with Gasteiger partial charge in [0.1, 0.15) is 0 Å². The highest BCUT2D eigenvalue weighted by molar-refractivity contribution is 7.80. The third-order valence-electron chi connectivity index (χ3n) is 0.709. The van der Waals surface area contributed by atoms with Gasteiger partial charge in [-0.1, -0.05) is 27.7 Å². The molecule has 1 N–H and O–H groups in total. The number of hydrogen-bond acceptors (Lipinski definition) is 2. The summed E-state index contributed by atoms with van der Waals surface area (Å²) in [6.45, 7) is 10.3. The summed E-state index contributed by atoms with van der Waals surface area (Å²) < 4.78 is 0. The predicted molar refractivity (Wildman–Crippen MR) is 59.8 cm³/mol. The summed E-state index contributed by atoms with van der Waals surface area (Å²) in [4.78, 5) is 10.2. The Bertz CT molecular complexity index is 76.9. The summed E-state index contributed by atoms with van der Waals surface area (Å²) >= 11 is 3.97. The molecule has 3 heteroatoms. The van der Waals surface area contributed by atoms with Crippen molar-refractivity contribution in [1.29, 1.82) is 0 Å². The van der Waals surface area contributed by atoms with Crippen molar-refractivity contribution >= 4 is 18.5 Å². The Morgan fingerprint density at radius 2 is 1.67 bits per heavy atom. The highest BCUT2D eigenvalue weighted by Crippen LogP contribution is 1.78. The van der Waals surface area contributed by atoms with Crippen molar-refractivity contribution < 1.29 is 4.79 Å². The molecule has 12 heavy (non-hydrogen) atoms. The molecule has 0 heterocycles. The average Bonchev–Trinajstić information content (AvgIpc) is 2.12. The maximum absolute atomic E-state index is 10.2. The second kappa shape index (κ2) is 22.4. The van der Waals surface area contributed by atoms with Crippen LogP contribution >= 0.6 is 12.6 Å². The normalized spacial score (nSPS) is 6.83. The van der Waals surface area contributed by atoms with E-state index >= 15 is 0 Å². The van der Waals surface area contributed by atoms with Gasteiger partial charge in [0.25, 0.3) is 0 Å². The van der Waals surface area contributed by atoms with Gasteiger partial charge in [0, 0.05) is 13.5 Å². The highest BCUT2D eigenvalue weighted by atomic mass is 32.1. The summed E-state index contributed by atoms with van der Waals surface area (Å²) in [6.07, 6.45) is 0.947. The summed E-state index contributed by atoms with van der Waals surface area (Å²) in [5.41, 5.74) is 0. The van der Waals surface area contributed by atoms with E-state index in [4.69, 9.17) is 0 Å². The zero-order valence-corrected chi connectivity index (χ0v) is 9.87. The Balaban J connectivity index is -0.000000175. The van der Waals surface area contributed by atoms with Crippen LogP contribution in [0.2, 0.25) is 0 Å². The molecule has 0 unspecified atom stereocenters. The Morgan fingerprint density at radius 3 is 1.92 bits per heavy atom. The van der Waals surface area contributed by atoms with E-state index in [1.807, 2.05) is 27.7 Å². The molecule has 0 saturated carbocycles. The third-order valence-corrected chi connectivity index (χ3v) is 1.03. The number of hydrogen-bond donors (Lipinski definition) is 2. The van der Waals surface area contributed by atoms with Crippen molar-refractivity contribution in [3.63, 3.8) is 0 Å². The molecule has 0 aromatic rings. The average molecular weight is 193 g/mol. The number of carbonyl (C=O) groups is 1. The van der Waals surface area contributed by atoms with Crippen LogP contribution < -0.4 is 5.32 Å². The molecule has 76 valence electrons. The van der Waals surface area contributed by atoms with Gasteiger partial charge in [0.05, 0.1) is 0 Å². The van der Waals surface area contributed by atoms with Crippen molar-refractivity contribution in [3.8, 4) is 0 Å². The number of nitrogens with one attached hydrogen (secondary N) is 1. The van der Waals surface area contributed by atoms with Crippen LogP contribution in [0.3, 0.4) is 0 Å². The first-order chi connectivity index (χ1) is 5.77. The summed E-state index contributed by atoms with van der Waals surface area (Å²) in [6, 6.07) is 0. The molecule has 0 aliphatic heterocycles. The lowest BCUT2D eigenvalue weighted by molar-refractivity contribution is -0.118. The van der Waals surface area contributed by atoms with Crippen molar-refractivity contribution in [3.05, 3.63) is 0 Å². The Labute approximate surface area is 82.5 Å². The maximum Gasteiger partial charge on any atom is 0.216 e. The van der Waals surface area contributed by atoms with E-state index in [9.17, 15) is 4.79 Å². The van der Waals surface area contributed by atoms with E-state index in [0.29, 0.717) is 0 Å². The quantitative estimate of drug-likeness (QED) is 0.523. The first kappa shape index (κ1) is 17.8. The van der Waals surface area contributed by atoms with Gasteiger partial charge >= 0.3 is 0 Å². The molecular weight excluding hydrogens is 170 g/mol. The lowest BCUT2D eigenvalue weighted by Crippen LogP contribution is -2.20. The summed E-state index contributed by atoms with van der Waals surface area (Å²) in [7, 11) is 0. The van der Waals surface area contributed by atoms with Crippen molar-refractivity contribution in [2.24, 2.45) is 0 Å². The van der Waals surface area contributed by atoms with Gasteiger partial charge in [-0.2, -0.15) is 12.6 Å². The van der Waals surface area contributed by atoms with E-state index in [2.05, 4.69) is 17.9 Å². The second-order valence-corrected chi connectivity index (χ2v) is 2.01. The number of carbonyl (C=O) groups excluding carboxylic acids is 1. The van der Waals surface area contributed by atoms with E-state index in [1.54, 1.807) is 0 Å². The molecule has 0 bridgehead atoms. The van der Waals surface area contributed by atoms with Crippen LogP contribution in [0, 0.1) is 0 Å². The molecule has 0 aliphatic carbocycles. The standard InChI is InChI=1S/C5H11NOS.2C2H6/c1-5(7)6-3-2-4-8;2*1-2/h8H,2-4H2,1H3,(H,6,7);2*1-2H3. The zero-order chi connectivity index (χ0) is 10.4. The minimum atomic E-state index is 0.0341. The minimum absolute atomic E-state index is 0.0341. The van der Waals surface area contributed by atoms with Gasteiger partial charge in [0.15, 0.2) is 0 Å². The van der Waals surface area contributed by atoms with Gasteiger partial charge < -0.3 is 5.32 Å². The molecule has 0 atom stereocenters. The van der Waals surface area contributed by atoms with Crippen LogP contribution in [-0.4, -0.2) is 18.2 Å². The van der Waals surface area contributed by atoms with Gasteiger partial charge in [-0.25, -0.2) is 0 Å². The Kier molecular flexibility index (Phi) is 33.3. The van der Waals surface area contributed by atoms with Crippen LogP contribution in [0.25, 0.3) is 0 Å². The molecule has 0 radical (unpaired) electrons. The van der Waals surface area contributed by atoms with Crippen LogP contribution in [0.1, 0.15) is 41.0 Å². The first-order valence-electron chi connectivity index (χ1n) is 4.62. The third kappa shape index (κ3) is 32.9. The number of rotatable bonds is 3. The van der Waals surface area contributed by atoms with E-state index < -0.39 is 0 Å². The minimum Gasteiger partial charge on any atom is -0.356 e. The monoisotopic (exact) mass is 193 g/mol. The smallest absolute Gasteiger partial charge is 0.216 e. The largest absolute Gasteiger partial charge is 0.356 e. The fourth-order valence-electron chi connectivity index (χ4n) is 0.343. The molecule has 0 aromatic carbocycles. The number of thiol groups is 1. The molecule has 0 aromatic heterocycles. The summed E-state index contributed by atoms with van der Waals surface area (Å²) in [5.74, 6) is 0.868. The molecule has 0 fully saturated rings. The lowest BCUT2D eigenvalue weighted by atomic mass is 10.5. The highest BCUT2D eigenvalue weighted by Gasteiger charge is 1.86. The van der Waals surface area contributed by atoms with Crippen LogP contribution in [-0.2, 0) is 4.79 Å². The number of amides is 1. The SMILES string of the molecule is CC.CC.CC(=O)NCCCS. The van der Waals surface area contributed by atoms with Gasteiger partial charge in [-0.3, -0.25) is 4.79 Å². The van der Waals surface area contributed by atoms with E-state index in [-0.39, 0.29) is 5.91 Å². The van der Waals surface area contributed by atoms with Crippen molar-refractivity contribution in [2.75, 3.05) is 12.3 Å². The molecular formula is C9H23NOS. The Hall–Kier alpha value is -0.180. The lowest BCUT2D eigenvalue weighted by Gasteiger charge is -1.96. The fraction of sp³-hybridized carbons (Fsp3) is 0.889. The van der Waals surface area contributed by atoms with Gasteiger partial charge in [-0.15, -0.1) is 0 Å². The molecule has 0 spiro atoms. The van der Waals surface area contributed by atoms with Crippen molar-refractivity contribution in [2.45, 2.75) is 41.0 Å². The zero-order valence-electron chi connectivity index (χ0n) is 8.98. The maximum atomic E-state index is 10.2. The second-order valence-electron chi connectivity index (χ2n) is 1.56. The molecule has 0 rings (SSSR count). The van der Waals surface area contributed by atoms with Crippen LogP contribution in [0.4, 0.5) is 0 Å². The molecule has 2 nitrogen and oxygen atoms in total. The molecule has 0 saturated heterocycles. The van der Waals surface area contributed by atoms with Crippen molar-refractivity contribution in [1.82, 2.24) is 5.32 Å². The molecule has 0 aliphatic rings. The van der Waals surface area contributed by atoms with E-state index in [1.165, 1.54) is 6.92 Å². The molecule has 1 amide bonds. The van der Waals surface area contributed by atoms with Gasteiger partial charge in [0.2, 0.25) is 5.91 Å². The van der Waals surface area contributed by atoms with Crippen LogP contribution in [0.5, 0.6) is 0 Å². The summed E-state index contributed by atoms with van der Waals surface area (Å²) in [5, 5.41) is 2.66. The van der Waals surface area contributed by atoms with E-state index in [0.717, 1.165) is 18.7 Å². The van der Waals surface area contributed by atoms with Crippen LogP contribution in [0.15, 0.2) is 0 Å². The predicted octanol–water partition coefficient (Wildman–Crippen LogP) is 2.49. The first-order valence-corrected chi connectivity index (χ1v) is 5.26. The van der Waals surface area contributed by atoms with Gasteiger partial charge in [-0.05, 0) is 12.2 Å². The Morgan fingerprint density at radius 1 is 1.25 bits per heavy atom.